The average molecular weight is 313 g/mol. The van der Waals surface area contributed by atoms with E-state index in [-0.39, 0.29) is 12.0 Å². The molecule has 128 valence electrons. The second kappa shape index (κ2) is 11.1. The van der Waals surface area contributed by atoms with Crippen molar-refractivity contribution in [1.29, 1.82) is 0 Å². The number of rotatable bonds is 10. The van der Waals surface area contributed by atoms with Gasteiger partial charge in [-0.05, 0) is 18.3 Å². The molecule has 0 bridgehead atoms. The van der Waals surface area contributed by atoms with Crippen LogP contribution in [0.15, 0.2) is 12.7 Å². The minimum Gasteiger partial charge on any atom is -0.464 e. The first-order chi connectivity index (χ1) is 10.3. The van der Waals surface area contributed by atoms with E-state index in [4.69, 9.17) is 9.47 Å². The van der Waals surface area contributed by atoms with Crippen LogP contribution in [0.4, 0.5) is 4.79 Å². The van der Waals surface area contributed by atoms with E-state index in [9.17, 15) is 9.59 Å². The van der Waals surface area contributed by atoms with E-state index in [0.717, 1.165) is 25.7 Å². The number of carbonyl (C=O) groups excluding carboxylic acids is 2. The number of nitrogens with one attached hydrogen (secondary N) is 1. The summed E-state index contributed by atoms with van der Waals surface area (Å²) < 4.78 is 10.3. The summed E-state index contributed by atoms with van der Waals surface area (Å²) in [6.45, 7) is 12.3. The summed E-state index contributed by atoms with van der Waals surface area (Å²) in [4.78, 5) is 23.7. The van der Waals surface area contributed by atoms with Gasteiger partial charge in [0.2, 0.25) is 0 Å². The normalized spacial score (nSPS) is 12.4. The summed E-state index contributed by atoms with van der Waals surface area (Å²) in [5.41, 5.74) is -0.120. The van der Waals surface area contributed by atoms with Gasteiger partial charge in [-0.1, -0.05) is 53.0 Å². The molecule has 0 aliphatic heterocycles. The Bertz CT molecular complexity index is 347. The van der Waals surface area contributed by atoms with Crippen molar-refractivity contribution in [2.75, 3.05) is 13.2 Å². The standard InChI is InChI=1S/C17H31NO4/c1-6-8-9-10-12-21-15(19)14(11-7-2)18-16(20)22-13-17(3,4)5/h7,14H,2,6,8-13H2,1,3-5H3,(H,18,20). The maximum atomic E-state index is 12.0. The molecule has 0 fully saturated rings. The highest BCUT2D eigenvalue weighted by molar-refractivity contribution is 5.81. The third-order valence-electron chi connectivity index (χ3n) is 2.86. The molecule has 0 aliphatic rings. The molecule has 1 N–H and O–H groups in total. The van der Waals surface area contributed by atoms with Gasteiger partial charge in [0.05, 0.1) is 13.2 Å². The topological polar surface area (TPSA) is 64.6 Å². The molecule has 0 aromatic carbocycles. The van der Waals surface area contributed by atoms with Crippen molar-refractivity contribution in [3.05, 3.63) is 12.7 Å². The Morgan fingerprint density at radius 3 is 2.41 bits per heavy atom. The molecule has 0 aromatic rings. The Balaban J connectivity index is 4.19. The molecule has 1 amide bonds. The number of ether oxygens (including phenoxy) is 2. The molecular weight excluding hydrogens is 282 g/mol. The molecule has 0 radical (unpaired) electrons. The minimum absolute atomic E-state index is 0.120. The van der Waals surface area contributed by atoms with Crippen LogP contribution in [0, 0.1) is 5.41 Å². The number of hydrogen-bond acceptors (Lipinski definition) is 4. The highest BCUT2D eigenvalue weighted by Gasteiger charge is 2.22. The van der Waals surface area contributed by atoms with Crippen molar-refractivity contribution >= 4 is 12.1 Å². The molecular formula is C17H31NO4. The predicted molar refractivity (Wildman–Crippen MR) is 87.6 cm³/mol. The van der Waals surface area contributed by atoms with Crippen molar-refractivity contribution in [1.82, 2.24) is 5.32 Å². The molecule has 1 unspecified atom stereocenters. The first-order valence-corrected chi connectivity index (χ1v) is 8.01. The Hall–Kier alpha value is -1.52. The Morgan fingerprint density at radius 2 is 1.86 bits per heavy atom. The molecule has 22 heavy (non-hydrogen) atoms. The van der Waals surface area contributed by atoms with Crippen LogP contribution in [-0.2, 0) is 14.3 Å². The zero-order chi connectivity index (χ0) is 17.0. The number of unbranched alkanes of at least 4 members (excludes halogenated alkanes) is 3. The third kappa shape index (κ3) is 11.2. The monoisotopic (exact) mass is 313 g/mol. The minimum atomic E-state index is -0.740. The largest absolute Gasteiger partial charge is 0.464 e. The maximum Gasteiger partial charge on any atom is 0.407 e. The summed E-state index contributed by atoms with van der Waals surface area (Å²) in [5, 5.41) is 2.54. The lowest BCUT2D eigenvalue weighted by atomic mass is 9.99. The van der Waals surface area contributed by atoms with E-state index in [1.807, 2.05) is 20.8 Å². The van der Waals surface area contributed by atoms with Gasteiger partial charge in [-0.2, -0.15) is 0 Å². The van der Waals surface area contributed by atoms with Gasteiger partial charge in [-0.15, -0.1) is 6.58 Å². The number of alkyl carbamates (subject to hydrolysis) is 1. The third-order valence-corrected chi connectivity index (χ3v) is 2.86. The first-order valence-electron chi connectivity index (χ1n) is 8.01. The first kappa shape index (κ1) is 20.5. The van der Waals surface area contributed by atoms with Crippen LogP contribution in [0.3, 0.4) is 0 Å². The van der Waals surface area contributed by atoms with Crippen LogP contribution in [0.1, 0.15) is 59.8 Å². The summed E-state index contributed by atoms with van der Waals surface area (Å²) >= 11 is 0. The highest BCUT2D eigenvalue weighted by atomic mass is 16.6. The van der Waals surface area contributed by atoms with Crippen LogP contribution < -0.4 is 5.32 Å². The van der Waals surface area contributed by atoms with E-state index in [2.05, 4.69) is 18.8 Å². The van der Waals surface area contributed by atoms with Crippen molar-refractivity contribution in [3.8, 4) is 0 Å². The van der Waals surface area contributed by atoms with Gasteiger partial charge in [-0.25, -0.2) is 9.59 Å². The fraction of sp³-hybridized carbons (Fsp3) is 0.765. The van der Waals surface area contributed by atoms with Gasteiger partial charge in [0.15, 0.2) is 0 Å². The molecule has 0 saturated heterocycles. The zero-order valence-electron chi connectivity index (χ0n) is 14.4. The molecule has 0 rings (SSSR count). The lowest BCUT2D eigenvalue weighted by Gasteiger charge is -2.20. The Kier molecular flexibility index (Phi) is 10.3. The van der Waals surface area contributed by atoms with Gasteiger partial charge in [-0.3, -0.25) is 0 Å². The van der Waals surface area contributed by atoms with Gasteiger partial charge in [0, 0.05) is 0 Å². The van der Waals surface area contributed by atoms with Gasteiger partial charge >= 0.3 is 12.1 Å². The summed E-state index contributed by atoms with van der Waals surface area (Å²) in [7, 11) is 0. The summed E-state index contributed by atoms with van der Waals surface area (Å²) in [6, 6.07) is -0.740. The molecule has 5 heteroatoms. The van der Waals surface area contributed by atoms with Crippen LogP contribution in [0.2, 0.25) is 0 Å². The molecule has 0 aromatic heterocycles. The van der Waals surface area contributed by atoms with Crippen LogP contribution in [0.25, 0.3) is 0 Å². The molecule has 0 spiro atoms. The van der Waals surface area contributed by atoms with Crippen molar-refractivity contribution in [2.45, 2.75) is 65.8 Å². The summed E-state index contributed by atoms with van der Waals surface area (Å²) in [5.74, 6) is -0.441. The molecule has 0 aliphatic carbocycles. The van der Waals surface area contributed by atoms with Crippen molar-refractivity contribution < 1.29 is 19.1 Å². The molecule has 5 nitrogen and oxygen atoms in total. The SMILES string of the molecule is C=CCC(NC(=O)OCC(C)(C)C)C(=O)OCCCCCC. The molecule has 1 atom stereocenters. The lowest BCUT2D eigenvalue weighted by molar-refractivity contribution is -0.146. The van der Waals surface area contributed by atoms with E-state index in [0.29, 0.717) is 13.0 Å². The molecule has 0 saturated carbocycles. The molecule has 0 heterocycles. The van der Waals surface area contributed by atoms with Gasteiger partial charge in [0.1, 0.15) is 6.04 Å². The van der Waals surface area contributed by atoms with Crippen LogP contribution >= 0.6 is 0 Å². The fourth-order valence-corrected chi connectivity index (χ4v) is 1.65. The highest BCUT2D eigenvalue weighted by Crippen LogP contribution is 2.13. The zero-order valence-corrected chi connectivity index (χ0v) is 14.4. The number of hydrogen-bond donors (Lipinski definition) is 1. The predicted octanol–water partition coefficient (Wildman–Crippen LogP) is 3.83. The summed E-state index contributed by atoms with van der Waals surface area (Å²) in [6.07, 6.45) is 5.43. The fourth-order valence-electron chi connectivity index (χ4n) is 1.65. The van der Waals surface area contributed by atoms with E-state index >= 15 is 0 Å². The van der Waals surface area contributed by atoms with Crippen LogP contribution in [-0.4, -0.2) is 31.3 Å². The number of amides is 1. The van der Waals surface area contributed by atoms with Crippen molar-refractivity contribution in [3.63, 3.8) is 0 Å². The second-order valence-electron chi connectivity index (χ2n) is 6.59. The van der Waals surface area contributed by atoms with Gasteiger partial charge in [0.25, 0.3) is 0 Å². The van der Waals surface area contributed by atoms with E-state index in [1.54, 1.807) is 6.08 Å². The lowest BCUT2D eigenvalue weighted by Crippen LogP contribution is -2.42. The maximum absolute atomic E-state index is 12.0. The smallest absolute Gasteiger partial charge is 0.407 e. The number of carbonyl (C=O) groups is 2. The van der Waals surface area contributed by atoms with E-state index < -0.39 is 18.1 Å². The average Bonchev–Trinajstić information content (AvgIpc) is 2.43. The Morgan fingerprint density at radius 1 is 1.18 bits per heavy atom. The van der Waals surface area contributed by atoms with Crippen molar-refractivity contribution in [2.24, 2.45) is 5.41 Å². The van der Waals surface area contributed by atoms with E-state index in [1.165, 1.54) is 0 Å². The quantitative estimate of drug-likeness (QED) is 0.378. The second-order valence-corrected chi connectivity index (χ2v) is 6.59. The number of esters is 1. The Labute approximate surface area is 134 Å². The van der Waals surface area contributed by atoms with Crippen LogP contribution in [0.5, 0.6) is 0 Å². The van der Waals surface area contributed by atoms with Gasteiger partial charge < -0.3 is 14.8 Å².